The van der Waals surface area contributed by atoms with E-state index in [9.17, 15) is 0 Å². The summed E-state index contributed by atoms with van der Waals surface area (Å²) in [5, 5.41) is 3.52. The number of nitrogens with zero attached hydrogens (tertiary/aromatic N) is 2. The van der Waals surface area contributed by atoms with Gasteiger partial charge in [-0.2, -0.15) is 4.98 Å². The number of nitrogens with one attached hydrogen (secondary N) is 1. The molecule has 2 unspecified atom stereocenters. The molecule has 4 heteroatoms. The van der Waals surface area contributed by atoms with Crippen molar-refractivity contribution in [3.63, 3.8) is 0 Å². The average molecular weight is 235 g/mol. The Morgan fingerprint density at radius 3 is 2.76 bits per heavy atom. The molecule has 1 aliphatic carbocycles. The lowest BCUT2D eigenvalue weighted by Gasteiger charge is -2.30. The topological polar surface area (TPSA) is 47.0 Å². The van der Waals surface area contributed by atoms with Gasteiger partial charge in [0.05, 0.1) is 7.11 Å². The van der Waals surface area contributed by atoms with E-state index in [1.165, 1.54) is 25.7 Å². The van der Waals surface area contributed by atoms with E-state index in [2.05, 4.69) is 22.2 Å². The molecule has 0 bridgehead atoms. The van der Waals surface area contributed by atoms with Crippen LogP contribution in [-0.4, -0.2) is 23.1 Å². The third kappa shape index (κ3) is 3.08. The van der Waals surface area contributed by atoms with Crippen molar-refractivity contribution in [2.75, 3.05) is 12.4 Å². The number of hydrogen-bond acceptors (Lipinski definition) is 4. The minimum Gasteiger partial charge on any atom is -0.481 e. The number of hydrogen-bond donors (Lipinski definition) is 1. The fraction of sp³-hybridized carbons (Fsp3) is 0.692. The molecular formula is C13H21N3O. The fourth-order valence-electron chi connectivity index (χ4n) is 2.44. The number of aryl methyl sites for hydroxylation is 1. The summed E-state index contributed by atoms with van der Waals surface area (Å²) < 4.78 is 5.16. The summed E-state index contributed by atoms with van der Waals surface area (Å²) in [7, 11) is 1.63. The highest BCUT2D eigenvalue weighted by Gasteiger charge is 2.21. The largest absolute Gasteiger partial charge is 0.481 e. The van der Waals surface area contributed by atoms with E-state index in [0.717, 1.165) is 11.6 Å². The zero-order chi connectivity index (χ0) is 12.3. The van der Waals surface area contributed by atoms with Gasteiger partial charge in [0, 0.05) is 12.1 Å². The van der Waals surface area contributed by atoms with Gasteiger partial charge in [-0.3, -0.25) is 0 Å². The molecule has 0 aromatic carbocycles. The number of anilines is 1. The van der Waals surface area contributed by atoms with Crippen LogP contribution in [0.2, 0.25) is 0 Å². The quantitative estimate of drug-likeness (QED) is 0.875. The minimum absolute atomic E-state index is 0.530. The second kappa shape index (κ2) is 5.34. The smallest absolute Gasteiger partial charge is 0.218 e. The van der Waals surface area contributed by atoms with E-state index >= 15 is 0 Å². The van der Waals surface area contributed by atoms with Gasteiger partial charge in [0.15, 0.2) is 0 Å². The maximum atomic E-state index is 5.16. The second-order valence-electron chi connectivity index (χ2n) is 4.86. The molecule has 0 spiro atoms. The van der Waals surface area contributed by atoms with Gasteiger partial charge in [0.1, 0.15) is 11.6 Å². The van der Waals surface area contributed by atoms with Crippen LogP contribution < -0.4 is 10.1 Å². The van der Waals surface area contributed by atoms with Gasteiger partial charge in [0.25, 0.3) is 0 Å². The molecule has 1 aliphatic rings. The Balaban J connectivity index is 2.09. The molecule has 2 rings (SSSR count). The van der Waals surface area contributed by atoms with Crippen molar-refractivity contribution in [1.29, 1.82) is 0 Å². The van der Waals surface area contributed by atoms with Gasteiger partial charge in [-0.05, 0) is 25.7 Å². The number of rotatable bonds is 3. The molecule has 1 N–H and O–H groups in total. The summed E-state index contributed by atoms with van der Waals surface area (Å²) in [5.41, 5.74) is 0. The Morgan fingerprint density at radius 2 is 2.06 bits per heavy atom. The van der Waals surface area contributed by atoms with Gasteiger partial charge in [-0.1, -0.05) is 19.8 Å². The third-order valence-electron chi connectivity index (χ3n) is 3.47. The fourth-order valence-corrected chi connectivity index (χ4v) is 2.44. The van der Waals surface area contributed by atoms with Crippen molar-refractivity contribution < 1.29 is 4.74 Å². The first kappa shape index (κ1) is 12.1. The van der Waals surface area contributed by atoms with E-state index in [4.69, 9.17) is 4.74 Å². The molecule has 4 nitrogen and oxygen atoms in total. The van der Waals surface area contributed by atoms with Crippen molar-refractivity contribution in [1.82, 2.24) is 9.97 Å². The van der Waals surface area contributed by atoms with E-state index in [1.807, 2.05) is 13.0 Å². The number of ether oxygens (including phenoxy) is 1. The average Bonchev–Trinajstić information content (AvgIpc) is 2.31. The Hall–Kier alpha value is -1.32. The molecule has 1 aromatic rings. The first-order valence-corrected chi connectivity index (χ1v) is 6.35. The lowest BCUT2D eigenvalue weighted by Crippen LogP contribution is -2.30. The standard InChI is InChI=1S/C13H21N3O/c1-9-6-4-5-7-11(9)16-12-8-13(17-3)15-10(2)14-12/h8-9,11H,4-7H2,1-3H3,(H,14,15,16). The summed E-state index contributed by atoms with van der Waals surface area (Å²) in [6.45, 7) is 4.19. The number of aromatic nitrogens is 2. The highest BCUT2D eigenvalue weighted by atomic mass is 16.5. The van der Waals surface area contributed by atoms with Crippen LogP contribution in [0.5, 0.6) is 5.88 Å². The Labute approximate surface area is 103 Å². The monoisotopic (exact) mass is 235 g/mol. The Morgan fingerprint density at radius 1 is 1.29 bits per heavy atom. The van der Waals surface area contributed by atoms with Gasteiger partial charge in [-0.15, -0.1) is 0 Å². The molecule has 94 valence electrons. The maximum absolute atomic E-state index is 5.16. The zero-order valence-corrected chi connectivity index (χ0v) is 10.9. The summed E-state index contributed by atoms with van der Waals surface area (Å²) in [4.78, 5) is 8.60. The highest BCUT2D eigenvalue weighted by molar-refractivity contribution is 5.39. The summed E-state index contributed by atoms with van der Waals surface area (Å²) >= 11 is 0. The molecule has 2 atom stereocenters. The van der Waals surface area contributed by atoms with E-state index in [0.29, 0.717) is 17.8 Å². The molecule has 1 saturated carbocycles. The third-order valence-corrected chi connectivity index (χ3v) is 3.47. The SMILES string of the molecule is COc1cc(NC2CCCCC2C)nc(C)n1. The van der Waals surface area contributed by atoms with Crippen LogP contribution >= 0.6 is 0 Å². The normalized spacial score (nSPS) is 24.4. The van der Waals surface area contributed by atoms with Gasteiger partial charge >= 0.3 is 0 Å². The second-order valence-corrected chi connectivity index (χ2v) is 4.86. The predicted octanol–water partition coefficient (Wildman–Crippen LogP) is 2.78. The van der Waals surface area contributed by atoms with E-state index in [-0.39, 0.29) is 0 Å². The number of methoxy groups -OCH3 is 1. The van der Waals surface area contributed by atoms with Crippen molar-refractivity contribution in [2.24, 2.45) is 5.92 Å². The summed E-state index contributed by atoms with van der Waals surface area (Å²) in [6.07, 6.45) is 5.19. The maximum Gasteiger partial charge on any atom is 0.218 e. The van der Waals surface area contributed by atoms with Crippen LogP contribution in [0.1, 0.15) is 38.4 Å². The van der Waals surface area contributed by atoms with Crippen molar-refractivity contribution >= 4 is 5.82 Å². The van der Waals surface area contributed by atoms with E-state index < -0.39 is 0 Å². The predicted molar refractivity (Wildman–Crippen MR) is 68.4 cm³/mol. The van der Waals surface area contributed by atoms with Gasteiger partial charge in [-0.25, -0.2) is 4.98 Å². The van der Waals surface area contributed by atoms with Gasteiger partial charge < -0.3 is 10.1 Å². The first-order chi connectivity index (χ1) is 8.19. The molecule has 0 amide bonds. The molecule has 1 heterocycles. The molecule has 0 radical (unpaired) electrons. The van der Waals surface area contributed by atoms with Crippen LogP contribution in [0.25, 0.3) is 0 Å². The lowest BCUT2D eigenvalue weighted by molar-refractivity contribution is 0.348. The van der Waals surface area contributed by atoms with Crippen LogP contribution in [0, 0.1) is 12.8 Å². The lowest BCUT2D eigenvalue weighted by atomic mass is 9.86. The van der Waals surface area contributed by atoms with Crippen LogP contribution in [0.15, 0.2) is 6.07 Å². The van der Waals surface area contributed by atoms with Crippen LogP contribution in [0.4, 0.5) is 5.82 Å². The summed E-state index contributed by atoms with van der Waals surface area (Å²) in [6, 6.07) is 2.40. The zero-order valence-electron chi connectivity index (χ0n) is 10.9. The first-order valence-electron chi connectivity index (χ1n) is 6.35. The Bertz CT molecular complexity index is 381. The highest BCUT2D eigenvalue weighted by Crippen LogP contribution is 2.26. The summed E-state index contributed by atoms with van der Waals surface area (Å²) in [5.74, 6) is 2.97. The van der Waals surface area contributed by atoms with E-state index in [1.54, 1.807) is 7.11 Å². The molecule has 1 aromatic heterocycles. The van der Waals surface area contributed by atoms with Gasteiger partial charge in [0.2, 0.25) is 5.88 Å². The molecule has 1 fully saturated rings. The van der Waals surface area contributed by atoms with Crippen molar-refractivity contribution in [3.8, 4) is 5.88 Å². The molecule has 17 heavy (non-hydrogen) atoms. The van der Waals surface area contributed by atoms with Crippen molar-refractivity contribution in [3.05, 3.63) is 11.9 Å². The molecule has 0 saturated heterocycles. The minimum atomic E-state index is 0.530. The van der Waals surface area contributed by atoms with Crippen molar-refractivity contribution in [2.45, 2.75) is 45.6 Å². The molecule has 0 aliphatic heterocycles. The molecular weight excluding hydrogens is 214 g/mol. The van der Waals surface area contributed by atoms with Crippen LogP contribution in [0.3, 0.4) is 0 Å². The Kier molecular flexibility index (Phi) is 3.82. The van der Waals surface area contributed by atoms with Crippen LogP contribution in [-0.2, 0) is 0 Å².